The van der Waals surface area contributed by atoms with Gasteiger partial charge in [-0.25, -0.2) is 14.8 Å². The molecule has 0 unspecified atom stereocenters. The fraction of sp³-hybridized carbons (Fsp3) is 0.786. The molecule has 1 aromatic heterocycles. The van der Waals surface area contributed by atoms with Crippen LogP contribution in [0.15, 0.2) is 12.4 Å². The normalized spacial score (nSPS) is 23.2. The van der Waals surface area contributed by atoms with Gasteiger partial charge in [-0.2, -0.15) is 0 Å². The Morgan fingerprint density at radius 3 is 2.23 bits per heavy atom. The van der Waals surface area contributed by atoms with Gasteiger partial charge in [0.05, 0.1) is 11.2 Å². The average Bonchev–Trinajstić information content (AvgIpc) is 3.50. The number of ether oxygens (including phenoxy) is 1. The van der Waals surface area contributed by atoms with Crippen molar-refractivity contribution in [3.63, 3.8) is 0 Å². The molecular formula is C28H46BN5O5. The van der Waals surface area contributed by atoms with Gasteiger partial charge in [0.25, 0.3) is 0 Å². The zero-order valence-corrected chi connectivity index (χ0v) is 25.1. The molecule has 2 saturated heterocycles. The maximum atomic E-state index is 13.7. The van der Waals surface area contributed by atoms with Crippen LogP contribution in [0.2, 0.25) is 0 Å². The molecule has 3 heterocycles. The van der Waals surface area contributed by atoms with Crippen molar-refractivity contribution in [2.75, 3.05) is 18.0 Å². The van der Waals surface area contributed by atoms with Crippen molar-refractivity contribution in [2.24, 2.45) is 5.92 Å². The molecule has 0 radical (unpaired) electrons. The van der Waals surface area contributed by atoms with Gasteiger partial charge in [0.1, 0.15) is 11.6 Å². The van der Waals surface area contributed by atoms with E-state index >= 15 is 0 Å². The molecule has 2 aliphatic heterocycles. The number of nitrogens with zero attached hydrogens (tertiary/aromatic N) is 4. The lowest BCUT2D eigenvalue weighted by atomic mass is 9.81. The van der Waals surface area contributed by atoms with Crippen LogP contribution in [0.3, 0.4) is 0 Å². The van der Waals surface area contributed by atoms with E-state index in [0.717, 1.165) is 31.1 Å². The summed E-state index contributed by atoms with van der Waals surface area (Å²) in [6, 6.07) is -0.262. The number of hydrogen-bond donors (Lipinski definition) is 1. The minimum atomic E-state index is -0.648. The number of carbonyl (C=O) groups excluding carboxylic acids is 2. The van der Waals surface area contributed by atoms with E-state index in [1.165, 1.54) is 0 Å². The minimum absolute atomic E-state index is 0.0196. The Hall–Kier alpha value is -2.40. The molecule has 0 bridgehead atoms. The van der Waals surface area contributed by atoms with Crippen LogP contribution >= 0.6 is 0 Å². The van der Waals surface area contributed by atoms with Gasteiger partial charge in [-0.15, -0.1) is 0 Å². The lowest BCUT2D eigenvalue weighted by molar-refractivity contribution is -0.135. The van der Waals surface area contributed by atoms with E-state index in [-0.39, 0.29) is 17.9 Å². The molecule has 3 aliphatic rings. The number of anilines is 1. The lowest BCUT2D eigenvalue weighted by Crippen LogP contribution is -2.55. The Labute approximate surface area is 233 Å². The molecule has 2 amide bonds. The molecular weight excluding hydrogens is 497 g/mol. The van der Waals surface area contributed by atoms with Gasteiger partial charge in [-0.1, -0.05) is 13.8 Å². The Kier molecular flexibility index (Phi) is 8.25. The van der Waals surface area contributed by atoms with E-state index in [9.17, 15) is 9.59 Å². The number of amides is 2. The van der Waals surface area contributed by atoms with Gasteiger partial charge in [0.2, 0.25) is 11.9 Å². The van der Waals surface area contributed by atoms with Crippen molar-refractivity contribution < 1.29 is 23.6 Å². The van der Waals surface area contributed by atoms with Crippen LogP contribution in [0.25, 0.3) is 0 Å². The maximum Gasteiger partial charge on any atom is 0.498 e. The molecule has 10 nitrogen and oxygen atoms in total. The molecule has 1 saturated carbocycles. The molecule has 2 atom stereocenters. The summed E-state index contributed by atoms with van der Waals surface area (Å²) in [6.07, 6.45) is 7.00. The number of alkyl carbamates (subject to hydrolysis) is 1. The number of hydrogen-bond acceptors (Lipinski definition) is 8. The second kappa shape index (κ2) is 10.9. The predicted octanol–water partition coefficient (Wildman–Crippen LogP) is 3.28. The molecule has 4 rings (SSSR count). The summed E-state index contributed by atoms with van der Waals surface area (Å²) in [5.41, 5.74) is -0.700. The van der Waals surface area contributed by atoms with Crippen LogP contribution in [-0.4, -0.2) is 82.0 Å². The first-order valence-corrected chi connectivity index (χ1v) is 14.3. The zero-order chi connectivity index (χ0) is 28.8. The monoisotopic (exact) mass is 543 g/mol. The highest BCUT2D eigenvalue weighted by Gasteiger charge is 2.52. The van der Waals surface area contributed by atoms with Gasteiger partial charge in [-0.05, 0) is 80.1 Å². The van der Waals surface area contributed by atoms with E-state index in [2.05, 4.69) is 10.2 Å². The topological polar surface area (TPSA) is 106 Å². The van der Waals surface area contributed by atoms with E-state index in [4.69, 9.17) is 24.0 Å². The minimum Gasteiger partial charge on any atom is -0.444 e. The fourth-order valence-corrected chi connectivity index (χ4v) is 5.03. The van der Waals surface area contributed by atoms with Crippen LogP contribution in [0.4, 0.5) is 10.7 Å². The summed E-state index contributed by atoms with van der Waals surface area (Å²) < 4.78 is 17.7. The maximum absolute atomic E-state index is 13.7. The molecule has 0 aromatic carbocycles. The van der Waals surface area contributed by atoms with Crippen molar-refractivity contribution in [1.82, 2.24) is 20.2 Å². The molecule has 1 aliphatic carbocycles. The van der Waals surface area contributed by atoms with Crippen LogP contribution in [0, 0.1) is 5.92 Å². The lowest BCUT2D eigenvalue weighted by Gasteiger charge is -2.34. The summed E-state index contributed by atoms with van der Waals surface area (Å²) in [5.74, 6) is 0.521. The summed E-state index contributed by atoms with van der Waals surface area (Å²) in [4.78, 5) is 39.7. The van der Waals surface area contributed by atoms with Gasteiger partial charge in [0.15, 0.2) is 0 Å². The van der Waals surface area contributed by atoms with Crippen LogP contribution in [0.1, 0.15) is 88.0 Å². The number of nitrogens with one attached hydrogen (secondary N) is 1. The zero-order valence-electron chi connectivity index (χ0n) is 25.1. The van der Waals surface area contributed by atoms with Gasteiger partial charge in [-0.3, -0.25) is 4.79 Å². The quantitative estimate of drug-likeness (QED) is 0.498. The number of carbonyl (C=O) groups is 2. The van der Waals surface area contributed by atoms with E-state index in [1.807, 2.05) is 67.2 Å². The highest BCUT2D eigenvalue weighted by Crippen LogP contribution is 2.37. The predicted molar refractivity (Wildman–Crippen MR) is 151 cm³/mol. The summed E-state index contributed by atoms with van der Waals surface area (Å²) in [6.45, 7) is 18.7. The molecule has 39 heavy (non-hydrogen) atoms. The Bertz CT molecular complexity index is 1020. The number of aromatic nitrogens is 2. The van der Waals surface area contributed by atoms with Crippen molar-refractivity contribution in [3.8, 4) is 0 Å². The smallest absolute Gasteiger partial charge is 0.444 e. The van der Waals surface area contributed by atoms with Gasteiger partial charge in [0, 0.05) is 43.0 Å². The summed E-state index contributed by atoms with van der Waals surface area (Å²) in [5, 5.41) is 2.82. The molecule has 11 heteroatoms. The van der Waals surface area contributed by atoms with Crippen molar-refractivity contribution >= 4 is 30.5 Å². The molecule has 1 N–H and O–H groups in total. The van der Waals surface area contributed by atoms with E-state index in [1.54, 1.807) is 12.4 Å². The van der Waals surface area contributed by atoms with Gasteiger partial charge >= 0.3 is 13.2 Å². The van der Waals surface area contributed by atoms with Crippen molar-refractivity contribution in [2.45, 2.75) is 123 Å². The molecule has 1 aromatic rings. The van der Waals surface area contributed by atoms with Crippen LogP contribution in [0.5, 0.6) is 0 Å². The molecule has 0 spiro atoms. The third-order valence-corrected chi connectivity index (χ3v) is 8.10. The SMILES string of the molecule is CC(C)[C@@H](NC(=O)OC(C)(C)C)C(=O)N1CCC[C@@H]1CN(c1ncc(B2OC(C)(C)C(C)(C)O2)cn1)C1CC1. The number of likely N-dealkylation sites (tertiary alicyclic amines) is 1. The van der Waals surface area contributed by atoms with Crippen molar-refractivity contribution in [1.29, 1.82) is 0 Å². The summed E-state index contributed by atoms with van der Waals surface area (Å²) in [7, 11) is -0.508. The third kappa shape index (κ3) is 6.85. The second-order valence-electron chi connectivity index (χ2n) is 13.5. The van der Waals surface area contributed by atoms with Gasteiger partial charge < -0.3 is 29.2 Å². The first kappa shape index (κ1) is 29.6. The second-order valence-corrected chi connectivity index (χ2v) is 13.5. The first-order chi connectivity index (χ1) is 18.1. The van der Waals surface area contributed by atoms with Crippen LogP contribution in [-0.2, 0) is 18.8 Å². The fourth-order valence-electron chi connectivity index (χ4n) is 5.03. The van der Waals surface area contributed by atoms with E-state index < -0.39 is 36.1 Å². The number of rotatable bonds is 8. The van der Waals surface area contributed by atoms with Crippen LogP contribution < -0.4 is 15.7 Å². The first-order valence-electron chi connectivity index (χ1n) is 14.3. The molecule has 3 fully saturated rings. The Balaban J connectivity index is 1.44. The molecule has 216 valence electrons. The largest absolute Gasteiger partial charge is 0.498 e. The Morgan fingerprint density at radius 1 is 1.13 bits per heavy atom. The summed E-state index contributed by atoms with van der Waals surface area (Å²) >= 11 is 0. The highest BCUT2D eigenvalue weighted by atomic mass is 16.7. The Morgan fingerprint density at radius 2 is 1.72 bits per heavy atom. The average molecular weight is 544 g/mol. The standard InChI is InChI=1S/C28H46BN5O5/c1-18(2)22(32-25(36)37-26(3,4)5)23(35)33-14-10-11-21(33)17-34(20-12-13-20)24-30-15-19(16-31-24)29-38-27(6,7)28(8,9)39-29/h15-16,18,20-22H,10-14,17H2,1-9H3,(H,32,36)/t21-,22-/m1/s1. The highest BCUT2D eigenvalue weighted by molar-refractivity contribution is 6.61. The van der Waals surface area contributed by atoms with Crippen molar-refractivity contribution in [3.05, 3.63) is 12.4 Å². The van der Waals surface area contributed by atoms with E-state index in [0.29, 0.717) is 25.1 Å². The third-order valence-electron chi connectivity index (χ3n) is 8.10.